The van der Waals surface area contributed by atoms with E-state index in [1.54, 1.807) is 17.4 Å². The number of hydrogen-bond acceptors (Lipinski definition) is 4. The van der Waals surface area contributed by atoms with Gasteiger partial charge in [0.05, 0.1) is 6.33 Å². The summed E-state index contributed by atoms with van der Waals surface area (Å²) in [5.41, 5.74) is 0.127. The number of piperidine rings is 2. The van der Waals surface area contributed by atoms with E-state index >= 15 is 0 Å². The average molecular weight is 377 g/mol. The van der Waals surface area contributed by atoms with Gasteiger partial charge in [0.2, 0.25) is 5.91 Å². The Labute approximate surface area is 161 Å². The highest BCUT2D eigenvalue weighted by atomic mass is 16.3. The Hall–Kier alpha value is -1.89. The van der Waals surface area contributed by atoms with Crippen LogP contribution < -0.4 is 0 Å². The Morgan fingerprint density at radius 3 is 2.63 bits per heavy atom. The number of carbonyl (C=O) groups is 2. The van der Waals surface area contributed by atoms with Crippen LogP contribution in [0.1, 0.15) is 46.0 Å². The largest absolute Gasteiger partial charge is 0.383 e. The molecule has 3 rings (SSSR count). The van der Waals surface area contributed by atoms with Crippen LogP contribution in [0.4, 0.5) is 0 Å². The minimum absolute atomic E-state index is 0.0633. The minimum atomic E-state index is -0.911. The smallest absolute Gasteiger partial charge is 0.251 e. The molecule has 7 heteroatoms. The minimum Gasteiger partial charge on any atom is -0.383 e. The lowest BCUT2D eigenvalue weighted by atomic mass is 9.72. The summed E-state index contributed by atoms with van der Waals surface area (Å²) in [6.07, 6.45) is 8.87. The van der Waals surface area contributed by atoms with Gasteiger partial charge in [-0.1, -0.05) is 13.8 Å². The molecule has 2 amide bonds. The van der Waals surface area contributed by atoms with Crippen molar-refractivity contribution in [3.63, 3.8) is 0 Å². The summed E-state index contributed by atoms with van der Waals surface area (Å²) >= 11 is 0. The van der Waals surface area contributed by atoms with Crippen molar-refractivity contribution in [3.05, 3.63) is 18.7 Å². The van der Waals surface area contributed by atoms with Gasteiger partial charge in [-0.05, 0) is 37.0 Å². The van der Waals surface area contributed by atoms with E-state index in [1.165, 1.54) is 0 Å². The highest BCUT2D eigenvalue weighted by Gasteiger charge is 2.42. The molecule has 27 heavy (non-hydrogen) atoms. The molecule has 0 saturated carbocycles. The van der Waals surface area contributed by atoms with Gasteiger partial charge in [-0.3, -0.25) is 9.59 Å². The van der Waals surface area contributed by atoms with Crippen LogP contribution in [0.5, 0.6) is 0 Å². The number of aromatic nitrogens is 2. The number of likely N-dealkylation sites (tertiary alicyclic amines) is 2. The normalized spacial score (nSPS) is 21.1. The van der Waals surface area contributed by atoms with Crippen molar-refractivity contribution in [2.75, 3.05) is 26.2 Å². The van der Waals surface area contributed by atoms with Gasteiger partial charge in [0.15, 0.2) is 0 Å². The van der Waals surface area contributed by atoms with E-state index in [-0.39, 0.29) is 23.1 Å². The Morgan fingerprint density at radius 1 is 1.26 bits per heavy atom. The summed E-state index contributed by atoms with van der Waals surface area (Å²) in [7, 11) is 0. The van der Waals surface area contributed by atoms with Crippen molar-refractivity contribution in [2.45, 2.75) is 58.6 Å². The van der Waals surface area contributed by atoms with Crippen LogP contribution in [0.2, 0.25) is 0 Å². The number of aliphatic hydroxyl groups excluding tert-OH is 1. The van der Waals surface area contributed by atoms with Gasteiger partial charge in [0.25, 0.3) is 5.91 Å². The van der Waals surface area contributed by atoms with Gasteiger partial charge < -0.3 is 19.5 Å². The maximum absolute atomic E-state index is 12.4. The lowest BCUT2D eigenvalue weighted by Gasteiger charge is -2.47. The summed E-state index contributed by atoms with van der Waals surface area (Å²) in [6, 6.07) is 0. The second-order valence-electron chi connectivity index (χ2n) is 8.48. The lowest BCUT2D eigenvalue weighted by molar-refractivity contribution is -0.148. The SMILES string of the molecule is CC(C)[C@@H](O)C(=O)N1CCC2(CCC(=O)N(CCCn3ccnc3)C2)CC1. The molecule has 2 aliphatic rings. The summed E-state index contributed by atoms with van der Waals surface area (Å²) in [4.78, 5) is 32.6. The Bertz CT molecular complexity index is 636. The van der Waals surface area contributed by atoms with Crippen LogP contribution in [0, 0.1) is 11.3 Å². The van der Waals surface area contributed by atoms with E-state index in [9.17, 15) is 14.7 Å². The number of amides is 2. The molecule has 0 aromatic carbocycles. The second kappa shape index (κ2) is 8.42. The Morgan fingerprint density at radius 2 is 2.00 bits per heavy atom. The average Bonchev–Trinajstić information content (AvgIpc) is 3.17. The van der Waals surface area contributed by atoms with Crippen molar-refractivity contribution in [1.29, 1.82) is 0 Å². The summed E-state index contributed by atoms with van der Waals surface area (Å²) in [5, 5.41) is 10.1. The van der Waals surface area contributed by atoms with Crippen molar-refractivity contribution in [1.82, 2.24) is 19.4 Å². The van der Waals surface area contributed by atoms with Crippen LogP contribution >= 0.6 is 0 Å². The molecule has 0 bridgehead atoms. The molecule has 1 spiro atoms. The fraction of sp³-hybridized carbons (Fsp3) is 0.750. The van der Waals surface area contributed by atoms with Gasteiger partial charge in [-0.15, -0.1) is 0 Å². The fourth-order valence-corrected chi connectivity index (χ4v) is 4.25. The molecule has 1 aromatic rings. The quantitative estimate of drug-likeness (QED) is 0.816. The van der Waals surface area contributed by atoms with E-state index in [0.717, 1.165) is 45.3 Å². The maximum atomic E-state index is 12.4. The monoisotopic (exact) mass is 376 g/mol. The van der Waals surface area contributed by atoms with Crippen LogP contribution in [0.15, 0.2) is 18.7 Å². The molecule has 1 N–H and O–H groups in total. The molecule has 2 aliphatic heterocycles. The van der Waals surface area contributed by atoms with Crippen LogP contribution in [0.3, 0.4) is 0 Å². The van der Waals surface area contributed by atoms with Gasteiger partial charge in [0.1, 0.15) is 6.10 Å². The summed E-state index contributed by atoms with van der Waals surface area (Å²) in [5.74, 6) is 0.0376. The summed E-state index contributed by atoms with van der Waals surface area (Å²) in [6.45, 7) is 7.52. The van der Waals surface area contributed by atoms with E-state index < -0.39 is 6.10 Å². The lowest BCUT2D eigenvalue weighted by Crippen LogP contribution is -2.54. The van der Waals surface area contributed by atoms with E-state index in [4.69, 9.17) is 0 Å². The first-order valence-electron chi connectivity index (χ1n) is 10.1. The molecule has 0 unspecified atom stereocenters. The number of nitrogens with zero attached hydrogens (tertiary/aromatic N) is 4. The van der Waals surface area contributed by atoms with Gasteiger partial charge in [0, 0.05) is 51.5 Å². The molecule has 3 heterocycles. The van der Waals surface area contributed by atoms with Gasteiger partial charge in [-0.2, -0.15) is 0 Å². The third kappa shape index (κ3) is 4.69. The number of aryl methyl sites for hydroxylation is 1. The van der Waals surface area contributed by atoms with Gasteiger partial charge >= 0.3 is 0 Å². The first-order chi connectivity index (χ1) is 12.9. The third-order valence-electron chi connectivity index (χ3n) is 6.17. The molecule has 1 aromatic heterocycles. The zero-order chi connectivity index (χ0) is 19.4. The van der Waals surface area contributed by atoms with Crippen molar-refractivity contribution >= 4 is 11.8 Å². The number of aliphatic hydroxyl groups is 1. The molecule has 0 radical (unpaired) electrons. The molecule has 2 saturated heterocycles. The number of hydrogen-bond donors (Lipinski definition) is 1. The summed E-state index contributed by atoms with van der Waals surface area (Å²) < 4.78 is 2.04. The second-order valence-corrected chi connectivity index (χ2v) is 8.48. The maximum Gasteiger partial charge on any atom is 0.251 e. The van der Waals surface area contributed by atoms with Crippen LogP contribution in [-0.4, -0.2) is 68.6 Å². The van der Waals surface area contributed by atoms with Crippen LogP contribution in [0.25, 0.3) is 0 Å². The van der Waals surface area contributed by atoms with Crippen molar-refractivity contribution < 1.29 is 14.7 Å². The molecule has 150 valence electrons. The van der Waals surface area contributed by atoms with E-state index in [2.05, 4.69) is 4.98 Å². The molecular weight excluding hydrogens is 344 g/mol. The first kappa shape index (κ1) is 19.9. The van der Waals surface area contributed by atoms with E-state index in [1.807, 2.05) is 29.5 Å². The van der Waals surface area contributed by atoms with Gasteiger partial charge in [-0.25, -0.2) is 4.98 Å². The topological polar surface area (TPSA) is 78.7 Å². The highest BCUT2D eigenvalue weighted by molar-refractivity contribution is 5.81. The molecule has 7 nitrogen and oxygen atoms in total. The molecular formula is C20H32N4O3. The number of carbonyl (C=O) groups excluding carboxylic acids is 2. The molecule has 1 atom stereocenters. The Balaban J connectivity index is 1.51. The third-order valence-corrected chi connectivity index (χ3v) is 6.17. The zero-order valence-corrected chi connectivity index (χ0v) is 16.5. The van der Waals surface area contributed by atoms with E-state index in [0.29, 0.717) is 19.5 Å². The van der Waals surface area contributed by atoms with Crippen molar-refractivity contribution in [2.24, 2.45) is 11.3 Å². The predicted octanol–water partition coefficient (Wildman–Crippen LogP) is 1.52. The first-order valence-corrected chi connectivity index (χ1v) is 10.1. The highest BCUT2D eigenvalue weighted by Crippen LogP contribution is 2.40. The number of rotatable bonds is 6. The zero-order valence-electron chi connectivity index (χ0n) is 16.5. The molecule has 2 fully saturated rings. The standard InChI is InChI=1S/C20H32N4O3/c1-16(2)18(26)19(27)23-11-6-20(7-12-23)5-4-17(25)24(14-20)10-3-9-22-13-8-21-15-22/h8,13,15-16,18,26H,3-7,9-12,14H2,1-2H3/t18-/m1/s1. The molecule has 0 aliphatic carbocycles. The Kier molecular flexibility index (Phi) is 6.19. The predicted molar refractivity (Wildman–Crippen MR) is 102 cm³/mol. The number of imidazole rings is 1. The van der Waals surface area contributed by atoms with Crippen molar-refractivity contribution in [3.8, 4) is 0 Å². The van der Waals surface area contributed by atoms with Crippen LogP contribution in [-0.2, 0) is 16.1 Å². The fourth-order valence-electron chi connectivity index (χ4n) is 4.25.